The maximum Gasteiger partial charge on any atom is 0.243 e. The maximum atomic E-state index is 12.1. The molecule has 0 fully saturated rings. The molecular weight excluding hydrogens is 246 g/mol. The van der Waals surface area contributed by atoms with Crippen molar-refractivity contribution in [3.63, 3.8) is 0 Å². The number of nitrogens with one attached hydrogen (secondary N) is 2. The summed E-state index contributed by atoms with van der Waals surface area (Å²) in [5, 5.41) is 5.18. The molecule has 6 heteroatoms. The third-order valence-corrected chi connectivity index (χ3v) is 2.67. The van der Waals surface area contributed by atoms with Crippen molar-refractivity contribution in [3.8, 4) is 0 Å². The third kappa shape index (κ3) is 6.79. The highest BCUT2D eigenvalue weighted by molar-refractivity contribution is 5.91. The highest BCUT2D eigenvalue weighted by Crippen LogP contribution is 2.07. The van der Waals surface area contributed by atoms with Gasteiger partial charge >= 0.3 is 0 Å². The van der Waals surface area contributed by atoms with Gasteiger partial charge in [-0.3, -0.25) is 14.4 Å². The molecule has 110 valence electrons. The molecule has 3 amide bonds. The van der Waals surface area contributed by atoms with E-state index in [1.807, 2.05) is 27.7 Å². The van der Waals surface area contributed by atoms with Crippen LogP contribution < -0.4 is 16.4 Å². The summed E-state index contributed by atoms with van der Waals surface area (Å²) in [4.78, 5) is 34.5. The van der Waals surface area contributed by atoms with Crippen LogP contribution in [0.15, 0.2) is 0 Å². The van der Waals surface area contributed by atoms with Crippen molar-refractivity contribution in [2.45, 2.75) is 53.1 Å². The Hall–Kier alpha value is -1.59. The van der Waals surface area contributed by atoms with Gasteiger partial charge < -0.3 is 16.4 Å². The lowest BCUT2D eigenvalue weighted by Gasteiger charge is -2.24. The summed E-state index contributed by atoms with van der Waals surface area (Å²) < 4.78 is 0. The fraction of sp³-hybridized carbons (Fsp3) is 0.769. The third-order valence-electron chi connectivity index (χ3n) is 2.67. The zero-order valence-corrected chi connectivity index (χ0v) is 12.3. The molecule has 0 spiro atoms. The van der Waals surface area contributed by atoms with E-state index in [-0.39, 0.29) is 23.7 Å². The van der Waals surface area contributed by atoms with Crippen molar-refractivity contribution >= 4 is 17.7 Å². The Kier molecular flexibility index (Phi) is 7.11. The van der Waals surface area contributed by atoms with E-state index < -0.39 is 18.0 Å². The van der Waals surface area contributed by atoms with Crippen LogP contribution in [0.1, 0.15) is 41.0 Å². The first kappa shape index (κ1) is 17.4. The summed E-state index contributed by atoms with van der Waals surface area (Å²) in [5.41, 5.74) is 5.27. The van der Waals surface area contributed by atoms with E-state index in [2.05, 4.69) is 10.6 Å². The quantitative estimate of drug-likeness (QED) is 0.615. The summed E-state index contributed by atoms with van der Waals surface area (Å²) in [6.07, 6.45) is 0.478. The van der Waals surface area contributed by atoms with E-state index in [4.69, 9.17) is 5.73 Å². The molecule has 0 heterocycles. The molecule has 4 N–H and O–H groups in total. The first-order valence-electron chi connectivity index (χ1n) is 6.51. The van der Waals surface area contributed by atoms with Crippen molar-refractivity contribution in [1.29, 1.82) is 0 Å². The zero-order chi connectivity index (χ0) is 15.2. The number of carbonyl (C=O) groups excluding carboxylic acids is 3. The normalized spacial score (nSPS) is 14.1. The van der Waals surface area contributed by atoms with Crippen LogP contribution in [0.5, 0.6) is 0 Å². The lowest BCUT2D eigenvalue weighted by Crippen LogP contribution is -2.54. The fourth-order valence-electron chi connectivity index (χ4n) is 1.73. The van der Waals surface area contributed by atoms with Gasteiger partial charge in [-0.05, 0) is 18.3 Å². The topological polar surface area (TPSA) is 101 Å². The second-order valence-electron chi connectivity index (χ2n) is 5.52. The SMILES string of the molecule is CC(=O)N[C@@H](C(=O)N[C@H](CC(C)C)C(N)=O)C(C)C. The lowest BCUT2D eigenvalue weighted by atomic mass is 10.00. The molecule has 0 aromatic carbocycles. The first-order chi connectivity index (χ1) is 8.65. The minimum Gasteiger partial charge on any atom is -0.368 e. The average molecular weight is 271 g/mol. The largest absolute Gasteiger partial charge is 0.368 e. The molecule has 0 bridgehead atoms. The smallest absolute Gasteiger partial charge is 0.243 e. The van der Waals surface area contributed by atoms with Gasteiger partial charge in [0.25, 0.3) is 0 Å². The molecule has 0 aliphatic heterocycles. The Morgan fingerprint density at radius 1 is 1.05 bits per heavy atom. The Morgan fingerprint density at radius 3 is 1.89 bits per heavy atom. The van der Waals surface area contributed by atoms with Crippen LogP contribution in [0.3, 0.4) is 0 Å². The number of nitrogens with two attached hydrogens (primary N) is 1. The monoisotopic (exact) mass is 271 g/mol. The van der Waals surface area contributed by atoms with Crippen molar-refractivity contribution in [2.24, 2.45) is 17.6 Å². The summed E-state index contributed by atoms with van der Waals surface area (Å²) in [7, 11) is 0. The maximum absolute atomic E-state index is 12.1. The minimum absolute atomic E-state index is 0.0727. The van der Waals surface area contributed by atoms with E-state index in [1.54, 1.807) is 0 Å². The van der Waals surface area contributed by atoms with Gasteiger partial charge in [0.1, 0.15) is 12.1 Å². The van der Waals surface area contributed by atoms with E-state index in [0.29, 0.717) is 6.42 Å². The Balaban J connectivity index is 4.75. The zero-order valence-electron chi connectivity index (χ0n) is 12.3. The summed E-state index contributed by atoms with van der Waals surface area (Å²) in [6, 6.07) is -1.37. The molecule has 0 aliphatic carbocycles. The van der Waals surface area contributed by atoms with Gasteiger partial charge in [-0.25, -0.2) is 0 Å². The molecule has 0 unspecified atom stereocenters. The summed E-state index contributed by atoms with van der Waals surface area (Å²) >= 11 is 0. The Morgan fingerprint density at radius 2 is 1.58 bits per heavy atom. The Labute approximate surface area is 114 Å². The minimum atomic E-state index is -0.706. The van der Waals surface area contributed by atoms with Gasteiger partial charge in [0.2, 0.25) is 17.7 Å². The lowest BCUT2D eigenvalue weighted by molar-refractivity contribution is -0.132. The number of carbonyl (C=O) groups is 3. The molecule has 0 rings (SSSR count). The van der Waals surface area contributed by atoms with Crippen molar-refractivity contribution in [3.05, 3.63) is 0 Å². The molecule has 0 aromatic heterocycles. The molecule has 0 aromatic rings. The molecule has 19 heavy (non-hydrogen) atoms. The van der Waals surface area contributed by atoms with E-state index in [0.717, 1.165) is 0 Å². The van der Waals surface area contributed by atoms with Gasteiger partial charge in [0.05, 0.1) is 0 Å². The van der Waals surface area contributed by atoms with Gasteiger partial charge in [-0.1, -0.05) is 27.7 Å². The van der Waals surface area contributed by atoms with E-state index >= 15 is 0 Å². The molecule has 0 aliphatic rings. The first-order valence-corrected chi connectivity index (χ1v) is 6.51. The van der Waals surface area contributed by atoms with Crippen LogP contribution in [0.2, 0.25) is 0 Å². The van der Waals surface area contributed by atoms with Crippen LogP contribution in [-0.4, -0.2) is 29.8 Å². The van der Waals surface area contributed by atoms with E-state index in [1.165, 1.54) is 6.92 Å². The summed E-state index contributed by atoms with van der Waals surface area (Å²) in [6.45, 7) is 8.87. The fourth-order valence-corrected chi connectivity index (χ4v) is 1.73. The molecular formula is C13H25N3O3. The molecule has 0 saturated carbocycles. The van der Waals surface area contributed by atoms with Crippen molar-refractivity contribution in [2.75, 3.05) is 0 Å². The van der Waals surface area contributed by atoms with Gasteiger partial charge in [-0.15, -0.1) is 0 Å². The van der Waals surface area contributed by atoms with Crippen LogP contribution in [0.25, 0.3) is 0 Å². The van der Waals surface area contributed by atoms with Crippen LogP contribution in [0.4, 0.5) is 0 Å². The number of amides is 3. The van der Waals surface area contributed by atoms with Gasteiger partial charge in [-0.2, -0.15) is 0 Å². The van der Waals surface area contributed by atoms with Gasteiger partial charge in [0.15, 0.2) is 0 Å². The van der Waals surface area contributed by atoms with Crippen LogP contribution in [-0.2, 0) is 14.4 Å². The van der Waals surface area contributed by atoms with Crippen LogP contribution >= 0.6 is 0 Å². The Bertz CT molecular complexity index is 340. The van der Waals surface area contributed by atoms with Gasteiger partial charge in [0, 0.05) is 6.92 Å². The second kappa shape index (κ2) is 7.76. The highest BCUT2D eigenvalue weighted by Gasteiger charge is 2.27. The van der Waals surface area contributed by atoms with Crippen molar-refractivity contribution in [1.82, 2.24) is 10.6 Å². The van der Waals surface area contributed by atoms with E-state index in [9.17, 15) is 14.4 Å². The predicted octanol–water partition coefficient (Wildman–Crippen LogP) is 0.163. The average Bonchev–Trinajstić information content (AvgIpc) is 2.23. The molecule has 0 saturated heterocycles. The second-order valence-corrected chi connectivity index (χ2v) is 5.52. The highest BCUT2D eigenvalue weighted by atomic mass is 16.2. The number of hydrogen-bond acceptors (Lipinski definition) is 3. The van der Waals surface area contributed by atoms with Crippen LogP contribution in [0, 0.1) is 11.8 Å². The number of hydrogen-bond donors (Lipinski definition) is 3. The number of primary amides is 1. The summed E-state index contributed by atoms with van der Waals surface area (Å²) in [5.74, 6) is -1.07. The predicted molar refractivity (Wildman–Crippen MR) is 73.0 cm³/mol. The molecule has 0 radical (unpaired) electrons. The van der Waals surface area contributed by atoms with Crippen molar-refractivity contribution < 1.29 is 14.4 Å². The number of rotatable bonds is 7. The standard InChI is InChI=1S/C13H25N3O3/c1-7(2)6-10(12(14)18)16-13(19)11(8(3)4)15-9(5)17/h7-8,10-11H,6H2,1-5H3,(H2,14,18)(H,15,17)(H,16,19)/t10-,11-/m1/s1. The molecule has 2 atom stereocenters. The molecule has 6 nitrogen and oxygen atoms in total.